The van der Waals surface area contributed by atoms with E-state index in [2.05, 4.69) is 22.1 Å². The third-order valence-electron chi connectivity index (χ3n) is 3.05. The second kappa shape index (κ2) is 5.51. The maximum absolute atomic E-state index is 6.08. The van der Waals surface area contributed by atoms with Crippen LogP contribution in [-0.2, 0) is 0 Å². The number of rotatable bonds is 3. The molecule has 0 bridgehead atoms. The molecular formula is C12H18ClN3. The molecule has 1 N–H and O–H groups in total. The number of pyridine rings is 1. The predicted octanol–water partition coefficient (Wildman–Crippen LogP) is 2.63. The lowest BCUT2D eigenvalue weighted by molar-refractivity contribution is 0.226. The van der Waals surface area contributed by atoms with Crippen molar-refractivity contribution < 1.29 is 0 Å². The topological polar surface area (TPSA) is 28.2 Å². The van der Waals surface area contributed by atoms with Gasteiger partial charge in [0.1, 0.15) is 5.82 Å². The van der Waals surface area contributed by atoms with Gasteiger partial charge in [0, 0.05) is 18.8 Å². The van der Waals surface area contributed by atoms with Gasteiger partial charge in [-0.3, -0.25) is 0 Å². The SMILES string of the molecule is CCN1CCCC(Nc2ncccc2Cl)C1. The number of hydrogen-bond acceptors (Lipinski definition) is 3. The fourth-order valence-corrected chi connectivity index (χ4v) is 2.32. The summed E-state index contributed by atoms with van der Waals surface area (Å²) in [5, 5.41) is 4.13. The zero-order valence-electron chi connectivity index (χ0n) is 9.62. The average molecular weight is 240 g/mol. The molecule has 3 nitrogen and oxygen atoms in total. The Labute approximate surface area is 102 Å². The highest BCUT2D eigenvalue weighted by molar-refractivity contribution is 6.32. The van der Waals surface area contributed by atoms with E-state index < -0.39 is 0 Å². The summed E-state index contributed by atoms with van der Waals surface area (Å²) >= 11 is 6.08. The summed E-state index contributed by atoms with van der Waals surface area (Å²) in [6.07, 6.45) is 4.22. The standard InChI is InChI=1S/C12H18ClN3/c1-2-16-8-4-5-10(9-16)15-12-11(13)6-3-7-14-12/h3,6-7,10H,2,4-5,8-9H2,1H3,(H,14,15). The first-order valence-electron chi connectivity index (χ1n) is 5.89. The van der Waals surface area contributed by atoms with Gasteiger partial charge >= 0.3 is 0 Å². The molecule has 0 spiro atoms. The number of hydrogen-bond donors (Lipinski definition) is 1. The molecular weight excluding hydrogens is 222 g/mol. The van der Waals surface area contributed by atoms with Crippen LogP contribution in [0.5, 0.6) is 0 Å². The number of nitrogens with zero attached hydrogens (tertiary/aromatic N) is 2. The molecule has 4 heteroatoms. The molecule has 1 aliphatic rings. The third-order valence-corrected chi connectivity index (χ3v) is 3.36. The molecule has 0 aromatic carbocycles. The number of anilines is 1. The summed E-state index contributed by atoms with van der Waals surface area (Å²) in [5.74, 6) is 0.812. The molecule has 0 amide bonds. The lowest BCUT2D eigenvalue weighted by Crippen LogP contribution is -2.42. The van der Waals surface area contributed by atoms with Crippen LogP contribution in [0.1, 0.15) is 19.8 Å². The zero-order valence-corrected chi connectivity index (χ0v) is 10.4. The van der Waals surface area contributed by atoms with Gasteiger partial charge in [-0.2, -0.15) is 0 Å². The summed E-state index contributed by atoms with van der Waals surface area (Å²) in [6, 6.07) is 4.20. The maximum Gasteiger partial charge on any atom is 0.145 e. The van der Waals surface area contributed by atoms with Crippen molar-refractivity contribution in [3.63, 3.8) is 0 Å². The molecule has 1 aromatic heterocycles. The van der Waals surface area contributed by atoms with Crippen molar-refractivity contribution >= 4 is 17.4 Å². The molecule has 1 saturated heterocycles. The number of halogens is 1. The first-order valence-corrected chi connectivity index (χ1v) is 6.27. The van der Waals surface area contributed by atoms with Crippen molar-refractivity contribution in [1.82, 2.24) is 9.88 Å². The van der Waals surface area contributed by atoms with Crippen molar-refractivity contribution in [2.24, 2.45) is 0 Å². The van der Waals surface area contributed by atoms with Gasteiger partial charge in [-0.25, -0.2) is 4.98 Å². The number of likely N-dealkylation sites (tertiary alicyclic amines) is 1. The number of piperidine rings is 1. The van der Waals surface area contributed by atoms with Crippen molar-refractivity contribution in [3.05, 3.63) is 23.4 Å². The number of nitrogens with one attached hydrogen (secondary N) is 1. The summed E-state index contributed by atoms with van der Waals surface area (Å²) in [6.45, 7) is 5.62. The zero-order chi connectivity index (χ0) is 11.4. The fraction of sp³-hybridized carbons (Fsp3) is 0.583. The van der Waals surface area contributed by atoms with Gasteiger partial charge in [-0.15, -0.1) is 0 Å². The fourth-order valence-electron chi connectivity index (χ4n) is 2.15. The number of likely N-dealkylation sites (N-methyl/N-ethyl adjacent to an activating group) is 1. The van der Waals surface area contributed by atoms with E-state index in [9.17, 15) is 0 Å². The van der Waals surface area contributed by atoms with Crippen LogP contribution in [-0.4, -0.2) is 35.6 Å². The summed E-state index contributed by atoms with van der Waals surface area (Å²) in [4.78, 5) is 6.72. The van der Waals surface area contributed by atoms with Crippen molar-refractivity contribution in [3.8, 4) is 0 Å². The van der Waals surface area contributed by atoms with Gasteiger partial charge in [0.25, 0.3) is 0 Å². The molecule has 0 radical (unpaired) electrons. The Morgan fingerprint density at radius 1 is 1.62 bits per heavy atom. The molecule has 1 aromatic rings. The Morgan fingerprint density at radius 2 is 2.50 bits per heavy atom. The minimum atomic E-state index is 0.473. The van der Waals surface area contributed by atoms with Crippen LogP contribution < -0.4 is 5.32 Å². The van der Waals surface area contributed by atoms with Crippen molar-refractivity contribution in [2.45, 2.75) is 25.8 Å². The van der Waals surface area contributed by atoms with Gasteiger partial charge in [0.15, 0.2) is 0 Å². The molecule has 1 fully saturated rings. The van der Waals surface area contributed by atoms with Crippen LogP contribution >= 0.6 is 11.6 Å². The molecule has 1 atom stereocenters. The lowest BCUT2D eigenvalue weighted by Gasteiger charge is -2.32. The number of aromatic nitrogens is 1. The van der Waals surface area contributed by atoms with Crippen molar-refractivity contribution in [1.29, 1.82) is 0 Å². The Balaban J connectivity index is 1.97. The van der Waals surface area contributed by atoms with E-state index in [0.717, 1.165) is 18.9 Å². The monoisotopic (exact) mass is 239 g/mol. The predicted molar refractivity (Wildman–Crippen MR) is 68.0 cm³/mol. The minimum Gasteiger partial charge on any atom is -0.365 e. The van der Waals surface area contributed by atoms with E-state index in [4.69, 9.17) is 11.6 Å². The van der Waals surface area contributed by atoms with Crippen LogP contribution in [0.4, 0.5) is 5.82 Å². The molecule has 0 saturated carbocycles. The van der Waals surface area contributed by atoms with Crippen LogP contribution in [0.2, 0.25) is 5.02 Å². The Morgan fingerprint density at radius 3 is 3.25 bits per heavy atom. The second-order valence-corrected chi connectivity index (χ2v) is 4.62. The van der Waals surface area contributed by atoms with Crippen LogP contribution in [0.25, 0.3) is 0 Å². The van der Waals surface area contributed by atoms with E-state index in [1.165, 1.54) is 19.4 Å². The van der Waals surface area contributed by atoms with E-state index in [1.54, 1.807) is 6.20 Å². The normalized spacial score (nSPS) is 22.0. The van der Waals surface area contributed by atoms with Gasteiger partial charge < -0.3 is 10.2 Å². The van der Waals surface area contributed by atoms with Gasteiger partial charge in [0.2, 0.25) is 0 Å². The molecule has 0 aliphatic carbocycles. The molecule has 16 heavy (non-hydrogen) atoms. The van der Waals surface area contributed by atoms with E-state index in [0.29, 0.717) is 11.1 Å². The molecule has 2 rings (SSSR count). The van der Waals surface area contributed by atoms with E-state index in [-0.39, 0.29) is 0 Å². The highest BCUT2D eigenvalue weighted by atomic mass is 35.5. The van der Waals surface area contributed by atoms with E-state index >= 15 is 0 Å². The van der Waals surface area contributed by atoms with Gasteiger partial charge in [-0.05, 0) is 38.1 Å². The van der Waals surface area contributed by atoms with Gasteiger partial charge in [-0.1, -0.05) is 18.5 Å². The Hall–Kier alpha value is -0.800. The Kier molecular flexibility index (Phi) is 4.02. The lowest BCUT2D eigenvalue weighted by atomic mass is 10.1. The quantitative estimate of drug-likeness (QED) is 0.879. The smallest absolute Gasteiger partial charge is 0.145 e. The van der Waals surface area contributed by atoms with Crippen LogP contribution in [0.3, 0.4) is 0 Å². The van der Waals surface area contributed by atoms with Gasteiger partial charge in [0.05, 0.1) is 5.02 Å². The summed E-state index contributed by atoms with van der Waals surface area (Å²) in [5.41, 5.74) is 0. The molecule has 88 valence electrons. The largest absolute Gasteiger partial charge is 0.365 e. The average Bonchev–Trinajstić information content (AvgIpc) is 2.32. The summed E-state index contributed by atoms with van der Waals surface area (Å²) < 4.78 is 0. The van der Waals surface area contributed by atoms with Crippen LogP contribution in [0.15, 0.2) is 18.3 Å². The second-order valence-electron chi connectivity index (χ2n) is 4.21. The Bertz CT molecular complexity index is 343. The maximum atomic E-state index is 6.08. The highest BCUT2D eigenvalue weighted by Gasteiger charge is 2.19. The van der Waals surface area contributed by atoms with Crippen LogP contribution in [0, 0.1) is 0 Å². The first kappa shape index (κ1) is 11.7. The molecule has 1 unspecified atom stereocenters. The highest BCUT2D eigenvalue weighted by Crippen LogP contribution is 2.21. The third kappa shape index (κ3) is 2.86. The summed E-state index contributed by atoms with van der Waals surface area (Å²) in [7, 11) is 0. The first-order chi connectivity index (χ1) is 7.79. The molecule has 2 heterocycles. The van der Waals surface area contributed by atoms with E-state index in [1.807, 2.05) is 12.1 Å². The minimum absolute atomic E-state index is 0.473. The van der Waals surface area contributed by atoms with Crippen molar-refractivity contribution in [2.75, 3.05) is 25.0 Å². The molecule has 1 aliphatic heterocycles.